The average molecular weight is 209 g/mol. The first-order valence-corrected chi connectivity index (χ1v) is 4.71. The third-order valence-corrected chi connectivity index (χ3v) is 2.24. The third-order valence-electron chi connectivity index (χ3n) is 2.24. The standard InChI is InChI=1S/C9H12FN5/c1-6(3-10)2-7-4-14-15-8(7)12-5-13-9(15)11/h4-6H,2-3H2,1H3,(H2,11,12,13). The van der Waals surface area contributed by atoms with E-state index >= 15 is 0 Å². The smallest absolute Gasteiger partial charge is 0.224 e. The van der Waals surface area contributed by atoms with Crippen LogP contribution < -0.4 is 5.73 Å². The van der Waals surface area contributed by atoms with Gasteiger partial charge >= 0.3 is 0 Å². The number of hydrogen-bond donors (Lipinski definition) is 1. The van der Waals surface area contributed by atoms with E-state index in [1.54, 1.807) is 6.20 Å². The number of nitrogen functional groups attached to an aromatic ring is 1. The Kier molecular flexibility index (Phi) is 2.49. The topological polar surface area (TPSA) is 69.1 Å². The third kappa shape index (κ3) is 1.74. The maximum Gasteiger partial charge on any atom is 0.224 e. The first-order chi connectivity index (χ1) is 7.22. The van der Waals surface area contributed by atoms with Crippen molar-refractivity contribution in [2.24, 2.45) is 5.92 Å². The van der Waals surface area contributed by atoms with Gasteiger partial charge in [0.15, 0.2) is 5.65 Å². The van der Waals surface area contributed by atoms with Gasteiger partial charge in [-0.25, -0.2) is 9.97 Å². The fraction of sp³-hybridized carbons (Fsp3) is 0.444. The van der Waals surface area contributed by atoms with Crippen LogP contribution in [0.2, 0.25) is 0 Å². The predicted molar refractivity (Wildman–Crippen MR) is 54.0 cm³/mol. The van der Waals surface area contributed by atoms with Gasteiger partial charge in [-0.3, -0.25) is 4.39 Å². The molecule has 80 valence electrons. The van der Waals surface area contributed by atoms with Crippen LogP contribution in [0.25, 0.3) is 5.65 Å². The van der Waals surface area contributed by atoms with Gasteiger partial charge in [0, 0.05) is 5.56 Å². The summed E-state index contributed by atoms with van der Waals surface area (Å²) in [6.45, 7) is 1.49. The Labute approximate surface area is 86.1 Å². The number of alkyl halides is 1. The molecule has 1 atom stereocenters. The SMILES string of the molecule is CC(CF)Cc1cnn2c(N)ncnc12. The maximum absolute atomic E-state index is 12.4. The second-order valence-electron chi connectivity index (χ2n) is 3.60. The zero-order chi connectivity index (χ0) is 10.8. The van der Waals surface area contributed by atoms with Crippen molar-refractivity contribution in [2.45, 2.75) is 13.3 Å². The molecule has 0 saturated carbocycles. The van der Waals surface area contributed by atoms with Gasteiger partial charge in [0.2, 0.25) is 5.95 Å². The molecule has 0 aromatic carbocycles. The van der Waals surface area contributed by atoms with Gasteiger partial charge in [0.05, 0.1) is 12.9 Å². The molecule has 0 spiro atoms. The molecule has 2 heterocycles. The summed E-state index contributed by atoms with van der Waals surface area (Å²) in [6.07, 6.45) is 3.65. The van der Waals surface area contributed by atoms with Gasteiger partial charge in [-0.2, -0.15) is 9.61 Å². The summed E-state index contributed by atoms with van der Waals surface area (Å²) >= 11 is 0. The lowest BCUT2D eigenvalue weighted by Crippen LogP contribution is -2.04. The van der Waals surface area contributed by atoms with E-state index in [-0.39, 0.29) is 12.6 Å². The highest BCUT2D eigenvalue weighted by molar-refractivity contribution is 5.48. The molecule has 6 heteroatoms. The molecule has 0 aliphatic carbocycles. The number of anilines is 1. The second-order valence-corrected chi connectivity index (χ2v) is 3.60. The minimum absolute atomic E-state index is 0.0332. The summed E-state index contributed by atoms with van der Waals surface area (Å²) < 4.78 is 13.8. The van der Waals surface area contributed by atoms with Crippen LogP contribution in [0.4, 0.5) is 10.3 Å². The predicted octanol–water partition coefficient (Wildman–Crippen LogP) is 0.855. The summed E-state index contributed by atoms with van der Waals surface area (Å²) in [5.41, 5.74) is 7.16. The Morgan fingerprint density at radius 2 is 2.33 bits per heavy atom. The molecule has 2 N–H and O–H groups in total. The van der Waals surface area contributed by atoms with Gasteiger partial charge in [0.1, 0.15) is 6.33 Å². The lowest BCUT2D eigenvalue weighted by molar-refractivity contribution is 0.382. The van der Waals surface area contributed by atoms with E-state index in [9.17, 15) is 4.39 Å². The average Bonchev–Trinajstić information content (AvgIpc) is 2.63. The van der Waals surface area contributed by atoms with Crippen LogP contribution in [0.3, 0.4) is 0 Å². The molecule has 1 unspecified atom stereocenters. The highest BCUT2D eigenvalue weighted by atomic mass is 19.1. The van der Waals surface area contributed by atoms with Crippen molar-refractivity contribution in [1.29, 1.82) is 0 Å². The summed E-state index contributed by atoms with van der Waals surface area (Å²) in [6, 6.07) is 0. The quantitative estimate of drug-likeness (QED) is 0.813. The fourth-order valence-corrected chi connectivity index (χ4v) is 1.45. The number of halogens is 1. The van der Waals surface area contributed by atoms with Gasteiger partial charge in [-0.1, -0.05) is 6.92 Å². The molecule has 0 radical (unpaired) electrons. The summed E-state index contributed by atoms with van der Waals surface area (Å²) in [4.78, 5) is 7.89. The summed E-state index contributed by atoms with van der Waals surface area (Å²) in [5, 5.41) is 4.05. The number of hydrogen-bond acceptors (Lipinski definition) is 4. The normalized spacial score (nSPS) is 13.2. The molecule has 0 aliphatic rings. The Bertz CT molecular complexity index is 466. The Balaban J connectivity index is 2.41. The summed E-state index contributed by atoms with van der Waals surface area (Å²) in [7, 11) is 0. The molecule has 2 rings (SSSR count). The van der Waals surface area contributed by atoms with Crippen LogP contribution >= 0.6 is 0 Å². The van der Waals surface area contributed by atoms with Crippen molar-refractivity contribution in [3.63, 3.8) is 0 Å². The Hall–Kier alpha value is -1.72. The van der Waals surface area contributed by atoms with Crippen molar-refractivity contribution in [1.82, 2.24) is 19.6 Å². The van der Waals surface area contributed by atoms with Crippen molar-refractivity contribution in [3.8, 4) is 0 Å². The van der Waals surface area contributed by atoms with E-state index in [1.165, 1.54) is 10.8 Å². The van der Waals surface area contributed by atoms with Gasteiger partial charge in [-0.15, -0.1) is 0 Å². The van der Waals surface area contributed by atoms with E-state index in [2.05, 4.69) is 15.1 Å². The van der Waals surface area contributed by atoms with Crippen molar-refractivity contribution >= 4 is 11.6 Å². The molecular weight excluding hydrogens is 197 g/mol. The highest BCUT2D eigenvalue weighted by Gasteiger charge is 2.11. The highest BCUT2D eigenvalue weighted by Crippen LogP contribution is 2.14. The monoisotopic (exact) mass is 209 g/mol. The van der Waals surface area contributed by atoms with Crippen molar-refractivity contribution in [2.75, 3.05) is 12.4 Å². The fourth-order valence-electron chi connectivity index (χ4n) is 1.45. The molecule has 0 saturated heterocycles. The molecule has 2 aromatic heterocycles. The second kappa shape index (κ2) is 3.80. The van der Waals surface area contributed by atoms with E-state index in [0.29, 0.717) is 18.0 Å². The van der Waals surface area contributed by atoms with E-state index in [4.69, 9.17) is 5.73 Å². The molecule has 0 amide bonds. The number of fused-ring (bicyclic) bond motifs is 1. The molecule has 2 aromatic rings. The van der Waals surface area contributed by atoms with Crippen LogP contribution in [0.15, 0.2) is 12.5 Å². The van der Waals surface area contributed by atoms with E-state index < -0.39 is 0 Å². The lowest BCUT2D eigenvalue weighted by atomic mass is 10.1. The summed E-state index contributed by atoms with van der Waals surface area (Å²) in [5.74, 6) is 0.258. The molecule has 0 fully saturated rings. The van der Waals surface area contributed by atoms with E-state index in [0.717, 1.165) is 5.56 Å². The van der Waals surface area contributed by atoms with Crippen molar-refractivity contribution in [3.05, 3.63) is 18.1 Å². The Morgan fingerprint density at radius 1 is 1.53 bits per heavy atom. The molecule has 0 bridgehead atoms. The number of rotatable bonds is 3. The number of nitrogens with two attached hydrogens (primary N) is 1. The van der Waals surface area contributed by atoms with Crippen LogP contribution in [0.5, 0.6) is 0 Å². The number of aromatic nitrogens is 4. The molecule has 5 nitrogen and oxygen atoms in total. The largest absolute Gasteiger partial charge is 0.368 e. The number of nitrogens with zero attached hydrogens (tertiary/aromatic N) is 4. The maximum atomic E-state index is 12.4. The minimum atomic E-state index is -0.349. The van der Waals surface area contributed by atoms with Gasteiger partial charge in [-0.05, 0) is 12.3 Å². The zero-order valence-electron chi connectivity index (χ0n) is 8.39. The van der Waals surface area contributed by atoms with E-state index in [1.807, 2.05) is 6.92 Å². The van der Waals surface area contributed by atoms with Crippen LogP contribution in [-0.4, -0.2) is 26.3 Å². The van der Waals surface area contributed by atoms with Crippen LogP contribution in [-0.2, 0) is 6.42 Å². The molecule has 15 heavy (non-hydrogen) atoms. The van der Waals surface area contributed by atoms with Crippen LogP contribution in [0.1, 0.15) is 12.5 Å². The Morgan fingerprint density at radius 3 is 3.07 bits per heavy atom. The van der Waals surface area contributed by atoms with Crippen LogP contribution in [0, 0.1) is 5.92 Å². The lowest BCUT2D eigenvalue weighted by Gasteiger charge is -2.03. The van der Waals surface area contributed by atoms with Crippen molar-refractivity contribution < 1.29 is 4.39 Å². The first-order valence-electron chi connectivity index (χ1n) is 4.71. The molecule has 0 aliphatic heterocycles. The molecular formula is C9H12FN5. The van der Waals surface area contributed by atoms with Gasteiger partial charge in [0.25, 0.3) is 0 Å². The van der Waals surface area contributed by atoms with Gasteiger partial charge < -0.3 is 5.73 Å². The zero-order valence-corrected chi connectivity index (χ0v) is 8.39. The minimum Gasteiger partial charge on any atom is -0.368 e. The first kappa shape index (κ1) is 9.82.